The first-order chi connectivity index (χ1) is 14.3. The highest BCUT2D eigenvalue weighted by atomic mass is 16.5. The number of methoxy groups -OCH3 is 2. The summed E-state index contributed by atoms with van der Waals surface area (Å²) in [7, 11) is 5.37. The Morgan fingerprint density at radius 1 is 0.967 bits per heavy atom. The summed E-state index contributed by atoms with van der Waals surface area (Å²) in [6.07, 6.45) is 0.793. The lowest BCUT2D eigenvalue weighted by molar-refractivity contribution is 0.175. The molecule has 0 aliphatic carbocycles. The minimum Gasteiger partial charge on any atom is -0.507 e. The number of phenolic OH excluding ortho intramolecular Hbond substituents is 2. The van der Waals surface area contributed by atoms with E-state index in [0.29, 0.717) is 22.9 Å². The van der Waals surface area contributed by atoms with Gasteiger partial charge >= 0.3 is 0 Å². The molecule has 0 radical (unpaired) electrons. The zero-order valence-corrected chi connectivity index (χ0v) is 18.4. The van der Waals surface area contributed by atoms with Crippen LogP contribution in [0.3, 0.4) is 0 Å². The van der Waals surface area contributed by atoms with E-state index in [0.717, 1.165) is 39.6 Å². The van der Waals surface area contributed by atoms with Crippen molar-refractivity contribution >= 4 is 10.8 Å². The Labute approximate surface area is 177 Å². The Morgan fingerprint density at radius 3 is 2.33 bits per heavy atom. The Bertz CT molecular complexity index is 1140. The van der Waals surface area contributed by atoms with E-state index >= 15 is 0 Å². The quantitative estimate of drug-likeness (QED) is 0.626. The molecule has 0 saturated carbocycles. The summed E-state index contributed by atoms with van der Waals surface area (Å²) < 4.78 is 11.2. The van der Waals surface area contributed by atoms with Crippen LogP contribution in [0.1, 0.15) is 36.6 Å². The van der Waals surface area contributed by atoms with E-state index in [2.05, 4.69) is 25.8 Å². The molecule has 5 heteroatoms. The van der Waals surface area contributed by atoms with Gasteiger partial charge in [0.1, 0.15) is 23.0 Å². The maximum absolute atomic E-state index is 11.1. The molecule has 2 N–H and O–H groups in total. The van der Waals surface area contributed by atoms with Gasteiger partial charge in [0.15, 0.2) is 0 Å². The van der Waals surface area contributed by atoms with Gasteiger partial charge in [-0.3, -0.25) is 4.90 Å². The van der Waals surface area contributed by atoms with Crippen LogP contribution in [0.15, 0.2) is 30.3 Å². The molecule has 0 amide bonds. The summed E-state index contributed by atoms with van der Waals surface area (Å²) in [6.45, 7) is 6.36. The molecule has 0 saturated heterocycles. The van der Waals surface area contributed by atoms with Gasteiger partial charge in [0.05, 0.1) is 19.6 Å². The van der Waals surface area contributed by atoms with Crippen molar-refractivity contribution in [3.05, 3.63) is 47.0 Å². The average molecular weight is 408 g/mol. The van der Waals surface area contributed by atoms with Crippen LogP contribution < -0.4 is 9.47 Å². The van der Waals surface area contributed by atoms with Crippen LogP contribution in [0.2, 0.25) is 0 Å². The van der Waals surface area contributed by atoms with E-state index < -0.39 is 0 Å². The first kappa shape index (κ1) is 20.4. The average Bonchev–Trinajstić information content (AvgIpc) is 2.71. The van der Waals surface area contributed by atoms with Gasteiger partial charge in [0.2, 0.25) is 0 Å². The predicted molar refractivity (Wildman–Crippen MR) is 120 cm³/mol. The Morgan fingerprint density at radius 2 is 1.67 bits per heavy atom. The number of aromatic hydroxyl groups is 2. The molecule has 4 rings (SSSR count). The van der Waals surface area contributed by atoms with Gasteiger partial charge in [-0.05, 0) is 74.5 Å². The molecule has 30 heavy (non-hydrogen) atoms. The van der Waals surface area contributed by atoms with E-state index in [1.54, 1.807) is 26.4 Å². The topological polar surface area (TPSA) is 62.2 Å². The molecule has 5 nitrogen and oxygen atoms in total. The Balaban J connectivity index is 2.12. The van der Waals surface area contributed by atoms with Crippen LogP contribution in [0, 0.1) is 6.92 Å². The highest BCUT2D eigenvalue weighted by molar-refractivity contribution is 6.05. The minimum atomic E-state index is 0.151. The largest absolute Gasteiger partial charge is 0.507 e. The molecule has 0 aromatic heterocycles. The monoisotopic (exact) mass is 407 g/mol. The van der Waals surface area contributed by atoms with Crippen molar-refractivity contribution in [1.29, 1.82) is 0 Å². The lowest BCUT2D eigenvalue weighted by atomic mass is 9.82. The van der Waals surface area contributed by atoms with Gasteiger partial charge in [-0.1, -0.05) is 6.07 Å². The van der Waals surface area contributed by atoms with Crippen molar-refractivity contribution in [1.82, 2.24) is 4.90 Å². The summed E-state index contributed by atoms with van der Waals surface area (Å²) in [4.78, 5) is 2.33. The highest BCUT2D eigenvalue weighted by Gasteiger charge is 2.33. The molecule has 0 unspecified atom stereocenters. The van der Waals surface area contributed by atoms with E-state index in [1.165, 1.54) is 0 Å². The summed E-state index contributed by atoms with van der Waals surface area (Å²) in [5.74, 6) is 1.66. The molecule has 1 aliphatic heterocycles. The van der Waals surface area contributed by atoms with Crippen molar-refractivity contribution in [2.75, 3.05) is 21.3 Å². The normalized spacial score (nSPS) is 19.0. The number of nitrogens with zero attached hydrogens (tertiary/aromatic N) is 1. The highest BCUT2D eigenvalue weighted by Crippen LogP contribution is 2.49. The van der Waals surface area contributed by atoms with Crippen molar-refractivity contribution in [3.8, 4) is 34.1 Å². The molecule has 0 bridgehead atoms. The maximum atomic E-state index is 11.1. The lowest BCUT2D eigenvalue weighted by Crippen LogP contribution is -2.38. The van der Waals surface area contributed by atoms with Crippen LogP contribution in [0.5, 0.6) is 23.0 Å². The van der Waals surface area contributed by atoms with Crippen LogP contribution in [-0.4, -0.2) is 42.4 Å². The van der Waals surface area contributed by atoms with Crippen LogP contribution >= 0.6 is 0 Å². The maximum Gasteiger partial charge on any atom is 0.130 e. The molecular formula is C25H29NO4. The third kappa shape index (κ3) is 2.96. The molecule has 158 valence electrons. The number of likely N-dealkylation sites (N-methyl/N-ethyl adjacent to an activating group) is 1. The molecule has 3 aromatic carbocycles. The molecular weight excluding hydrogens is 378 g/mol. The molecule has 3 aromatic rings. The van der Waals surface area contributed by atoms with Gasteiger partial charge < -0.3 is 19.7 Å². The van der Waals surface area contributed by atoms with E-state index in [1.807, 2.05) is 25.1 Å². The zero-order valence-electron chi connectivity index (χ0n) is 18.4. The van der Waals surface area contributed by atoms with E-state index in [-0.39, 0.29) is 17.5 Å². The van der Waals surface area contributed by atoms with E-state index in [4.69, 9.17) is 9.47 Å². The first-order valence-corrected chi connectivity index (χ1v) is 10.2. The molecule has 0 spiro atoms. The predicted octanol–water partition coefficient (Wildman–Crippen LogP) is 5.18. The first-order valence-electron chi connectivity index (χ1n) is 10.2. The smallest absolute Gasteiger partial charge is 0.130 e. The molecule has 1 heterocycles. The van der Waals surface area contributed by atoms with Crippen LogP contribution in [-0.2, 0) is 6.42 Å². The fourth-order valence-electron chi connectivity index (χ4n) is 4.82. The standard InChI is InChI=1S/C25H29NO4/c1-13-9-17-16(7-8-19(27)25(17)21(10-13)29-5)24-18-11-14(2)26(4)15(3)23(18)22(30-6)12-20(24)28/h7-10,12,14-15,27-28H,11H2,1-6H3/t14-,15-/m1/s1. The van der Waals surface area contributed by atoms with Crippen LogP contribution in [0.25, 0.3) is 21.9 Å². The Kier molecular flexibility index (Phi) is 5.02. The summed E-state index contributed by atoms with van der Waals surface area (Å²) in [5.41, 5.74) is 4.90. The summed E-state index contributed by atoms with van der Waals surface area (Å²) >= 11 is 0. The van der Waals surface area contributed by atoms with Crippen molar-refractivity contribution in [3.63, 3.8) is 0 Å². The van der Waals surface area contributed by atoms with Crippen molar-refractivity contribution in [2.24, 2.45) is 0 Å². The van der Waals surface area contributed by atoms with Crippen molar-refractivity contribution in [2.45, 2.75) is 39.3 Å². The Hall–Kier alpha value is -2.92. The van der Waals surface area contributed by atoms with Gasteiger partial charge in [0.25, 0.3) is 0 Å². The number of fused-ring (bicyclic) bond motifs is 2. The number of hydrogen-bond donors (Lipinski definition) is 2. The van der Waals surface area contributed by atoms with E-state index in [9.17, 15) is 10.2 Å². The second-order valence-electron chi connectivity index (χ2n) is 8.28. The van der Waals surface area contributed by atoms with Gasteiger partial charge in [-0.25, -0.2) is 0 Å². The lowest BCUT2D eigenvalue weighted by Gasteiger charge is -2.39. The van der Waals surface area contributed by atoms with Crippen LogP contribution in [0.4, 0.5) is 0 Å². The second kappa shape index (κ2) is 7.40. The number of hydrogen-bond acceptors (Lipinski definition) is 5. The number of phenols is 2. The summed E-state index contributed by atoms with van der Waals surface area (Å²) in [5, 5.41) is 23.2. The zero-order chi connectivity index (χ0) is 21.7. The number of benzene rings is 3. The van der Waals surface area contributed by atoms with Gasteiger partial charge in [-0.2, -0.15) is 0 Å². The fourth-order valence-corrected chi connectivity index (χ4v) is 4.82. The van der Waals surface area contributed by atoms with Gasteiger partial charge in [0, 0.05) is 29.3 Å². The third-order valence-electron chi connectivity index (χ3n) is 6.55. The molecule has 2 atom stereocenters. The number of ether oxygens (including phenoxy) is 2. The molecule has 0 fully saturated rings. The number of rotatable bonds is 3. The SMILES string of the molecule is COc1cc(O)c(-c2ccc(O)c3c(OC)cc(C)cc23)c2c1[C@@H](C)N(C)[C@H](C)C2. The minimum absolute atomic E-state index is 0.151. The third-order valence-corrected chi connectivity index (χ3v) is 6.55. The van der Waals surface area contributed by atoms with Gasteiger partial charge in [-0.15, -0.1) is 0 Å². The second-order valence-corrected chi connectivity index (χ2v) is 8.28. The van der Waals surface area contributed by atoms with Crippen molar-refractivity contribution < 1.29 is 19.7 Å². The number of aryl methyl sites for hydroxylation is 1. The molecule has 1 aliphatic rings. The summed E-state index contributed by atoms with van der Waals surface area (Å²) in [6, 6.07) is 9.67. The fraction of sp³-hybridized carbons (Fsp3) is 0.360.